The Morgan fingerprint density at radius 3 is 2.18 bits per heavy atom. The van der Waals surface area contributed by atoms with Crippen molar-refractivity contribution in [3.05, 3.63) is 0 Å². The Bertz CT molecular complexity index is 485. The van der Waals surface area contributed by atoms with Crippen LogP contribution in [0.4, 0.5) is 0 Å². The second-order valence-electron chi connectivity index (χ2n) is 9.49. The van der Waals surface area contributed by atoms with Crippen LogP contribution >= 0.6 is 0 Å². The average Bonchev–Trinajstić information content (AvgIpc) is 2.74. The molecule has 0 aromatic rings. The maximum Gasteiger partial charge on any atom is 0.316 e. The van der Waals surface area contributed by atoms with Gasteiger partial charge in [0.25, 0.3) is 6.02 Å². The fourth-order valence-electron chi connectivity index (χ4n) is 5.25. The fourth-order valence-corrected chi connectivity index (χ4v) is 5.25. The molecular formula is C24H42N2O2. The first-order valence-electron chi connectivity index (χ1n) is 12.3. The van der Waals surface area contributed by atoms with Crippen LogP contribution in [0.3, 0.4) is 0 Å². The van der Waals surface area contributed by atoms with Crippen molar-refractivity contribution in [2.45, 2.75) is 128 Å². The summed E-state index contributed by atoms with van der Waals surface area (Å²) in [5.41, 5.74) is 0. The van der Waals surface area contributed by atoms with Crippen LogP contribution in [0.25, 0.3) is 0 Å². The molecule has 0 radical (unpaired) electrons. The summed E-state index contributed by atoms with van der Waals surface area (Å²) in [6.07, 6.45) is 20.6. The quantitative estimate of drug-likeness (QED) is 0.337. The number of hydrogen-bond acceptors (Lipinski definition) is 3. The van der Waals surface area contributed by atoms with Crippen molar-refractivity contribution in [3.63, 3.8) is 0 Å². The van der Waals surface area contributed by atoms with Gasteiger partial charge in [0.05, 0.1) is 12.0 Å². The lowest BCUT2D eigenvalue weighted by Crippen LogP contribution is -2.40. The van der Waals surface area contributed by atoms with Crippen LogP contribution in [-0.4, -0.2) is 24.1 Å². The van der Waals surface area contributed by atoms with Crippen molar-refractivity contribution in [2.75, 3.05) is 0 Å². The number of carbonyl (C=O) groups excluding carboxylic acids is 1. The van der Waals surface area contributed by atoms with E-state index in [9.17, 15) is 4.79 Å². The van der Waals surface area contributed by atoms with E-state index in [0.29, 0.717) is 18.1 Å². The number of esters is 1. The second kappa shape index (κ2) is 11.8. The van der Waals surface area contributed by atoms with Crippen LogP contribution < -0.4 is 5.32 Å². The van der Waals surface area contributed by atoms with E-state index >= 15 is 0 Å². The van der Waals surface area contributed by atoms with Gasteiger partial charge in [0, 0.05) is 6.04 Å². The molecule has 160 valence electrons. The van der Waals surface area contributed by atoms with E-state index in [4.69, 9.17) is 9.73 Å². The van der Waals surface area contributed by atoms with Gasteiger partial charge in [-0.25, -0.2) is 4.99 Å². The number of unbranched alkanes of at least 4 members (excludes halogenated alkanes) is 1. The van der Waals surface area contributed by atoms with Crippen molar-refractivity contribution in [3.8, 4) is 0 Å². The van der Waals surface area contributed by atoms with Crippen molar-refractivity contribution in [1.29, 1.82) is 0 Å². The van der Waals surface area contributed by atoms with Crippen LogP contribution in [0.15, 0.2) is 4.99 Å². The molecule has 0 aromatic carbocycles. The molecule has 3 fully saturated rings. The average molecular weight is 391 g/mol. The standard InChI is InChI=1S/C24H42N2O2/c1-2-3-10-19-15-17-20(18-16-19)23(27)28-24(25-21-11-6-4-7-12-21)26-22-13-8-5-9-14-22/h19-22H,2-18H2,1H3,(H,25,26). The monoisotopic (exact) mass is 390 g/mol. The van der Waals surface area contributed by atoms with Gasteiger partial charge in [0.2, 0.25) is 0 Å². The van der Waals surface area contributed by atoms with Gasteiger partial charge in [-0.05, 0) is 57.3 Å². The number of nitrogens with one attached hydrogen (secondary N) is 1. The molecule has 0 saturated heterocycles. The highest BCUT2D eigenvalue weighted by Gasteiger charge is 2.29. The molecule has 28 heavy (non-hydrogen) atoms. The molecule has 4 nitrogen and oxygen atoms in total. The summed E-state index contributed by atoms with van der Waals surface area (Å²) >= 11 is 0. The van der Waals surface area contributed by atoms with E-state index in [-0.39, 0.29) is 11.9 Å². The van der Waals surface area contributed by atoms with Crippen LogP contribution in [0.5, 0.6) is 0 Å². The van der Waals surface area contributed by atoms with E-state index < -0.39 is 0 Å². The molecule has 0 heterocycles. The van der Waals surface area contributed by atoms with E-state index in [2.05, 4.69) is 12.2 Å². The van der Waals surface area contributed by atoms with Gasteiger partial charge in [-0.3, -0.25) is 4.79 Å². The maximum absolute atomic E-state index is 12.9. The van der Waals surface area contributed by atoms with Crippen molar-refractivity contribution in [2.24, 2.45) is 16.8 Å². The Hall–Kier alpha value is -1.06. The third-order valence-electron chi connectivity index (χ3n) is 7.15. The highest BCUT2D eigenvalue weighted by atomic mass is 16.6. The summed E-state index contributed by atoms with van der Waals surface area (Å²) in [7, 11) is 0. The number of carbonyl (C=O) groups is 1. The van der Waals surface area contributed by atoms with Crippen molar-refractivity contribution in [1.82, 2.24) is 5.32 Å². The predicted octanol–water partition coefficient (Wildman–Crippen LogP) is 6.14. The van der Waals surface area contributed by atoms with E-state index in [1.165, 1.54) is 83.5 Å². The third-order valence-corrected chi connectivity index (χ3v) is 7.15. The minimum atomic E-state index is -0.0354. The van der Waals surface area contributed by atoms with Gasteiger partial charge in [-0.2, -0.15) is 0 Å². The molecule has 3 saturated carbocycles. The molecule has 0 aromatic heterocycles. The third kappa shape index (κ3) is 7.08. The largest absolute Gasteiger partial charge is 0.393 e. The van der Waals surface area contributed by atoms with Crippen molar-refractivity contribution >= 4 is 12.0 Å². The van der Waals surface area contributed by atoms with Crippen LogP contribution in [0.2, 0.25) is 0 Å². The lowest BCUT2D eigenvalue weighted by atomic mass is 9.80. The molecule has 4 heteroatoms. The number of rotatable bonds is 6. The predicted molar refractivity (Wildman–Crippen MR) is 115 cm³/mol. The van der Waals surface area contributed by atoms with Gasteiger partial charge in [0.15, 0.2) is 0 Å². The summed E-state index contributed by atoms with van der Waals surface area (Å²) in [4.78, 5) is 17.8. The summed E-state index contributed by atoms with van der Waals surface area (Å²) in [6, 6.07) is 1.29. The second-order valence-corrected chi connectivity index (χ2v) is 9.49. The molecule has 0 atom stereocenters. The van der Waals surface area contributed by atoms with Gasteiger partial charge >= 0.3 is 5.97 Å². The van der Waals surface area contributed by atoms with Gasteiger partial charge in [-0.15, -0.1) is 0 Å². The molecule has 3 aliphatic carbocycles. The van der Waals surface area contributed by atoms with Gasteiger partial charge in [0.1, 0.15) is 0 Å². The molecule has 3 aliphatic rings. The number of hydrogen-bond donors (Lipinski definition) is 1. The van der Waals surface area contributed by atoms with Gasteiger partial charge < -0.3 is 10.1 Å². The summed E-state index contributed by atoms with van der Waals surface area (Å²) in [5, 5.41) is 3.52. The first kappa shape index (κ1) is 21.6. The Labute approximate surface area is 172 Å². The summed E-state index contributed by atoms with van der Waals surface area (Å²) < 4.78 is 5.91. The smallest absolute Gasteiger partial charge is 0.316 e. The molecular weight excluding hydrogens is 348 g/mol. The van der Waals surface area contributed by atoms with E-state index in [0.717, 1.165) is 31.6 Å². The molecule has 1 N–H and O–H groups in total. The van der Waals surface area contributed by atoms with E-state index in [1.807, 2.05) is 0 Å². The fraction of sp³-hybridized carbons (Fsp3) is 0.917. The zero-order valence-electron chi connectivity index (χ0n) is 18.1. The number of ether oxygens (including phenoxy) is 1. The minimum absolute atomic E-state index is 0.0354. The molecule has 0 spiro atoms. The highest BCUT2D eigenvalue weighted by Crippen LogP contribution is 2.32. The summed E-state index contributed by atoms with van der Waals surface area (Å²) in [5.74, 6) is 0.856. The van der Waals surface area contributed by atoms with Gasteiger partial charge in [-0.1, -0.05) is 64.7 Å². The number of aliphatic imine (C=N–C) groups is 1. The topological polar surface area (TPSA) is 50.7 Å². The lowest BCUT2D eigenvalue weighted by molar-refractivity contribution is -0.141. The molecule has 0 amide bonds. The maximum atomic E-state index is 12.9. The van der Waals surface area contributed by atoms with Crippen LogP contribution in [0.1, 0.15) is 116 Å². The Balaban J connectivity index is 1.53. The van der Waals surface area contributed by atoms with E-state index in [1.54, 1.807) is 0 Å². The summed E-state index contributed by atoms with van der Waals surface area (Å²) in [6.45, 7) is 2.26. The molecule has 0 unspecified atom stereocenters. The van der Waals surface area contributed by atoms with Crippen LogP contribution in [0, 0.1) is 11.8 Å². The zero-order valence-corrected chi connectivity index (χ0v) is 18.1. The zero-order chi connectivity index (χ0) is 19.6. The Morgan fingerprint density at radius 1 is 0.893 bits per heavy atom. The molecule has 0 aliphatic heterocycles. The van der Waals surface area contributed by atoms with Crippen LogP contribution in [-0.2, 0) is 9.53 Å². The lowest BCUT2D eigenvalue weighted by Gasteiger charge is -2.29. The number of amidine groups is 1. The SMILES string of the molecule is CCCCC1CCC(C(=O)OC(=NC2CCCCC2)NC2CCCCC2)CC1. The molecule has 3 rings (SSSR count). The normalized spacial score (nSPS) is 28.1. The Kier molecular flexibility index (Phi) is 9.14. The minimum Gasteiger partial charge on any atom is -0.393 e. The highest BCUT2D eigenvalue weighted by molar-refractivity contribution is 5.88. The number of nitrogens with zero attached hydrogens (tertiary/aromatic N) is 1. The first-order chi connectivity index (χ1) is 13.7. The molecule has 0 bridgehead atoms. The first-order valence-corrected chi connectivity index (χ1v) is 12.3. The Morgan fingerprint density at radius 2 is 1.54 bits per heavy atom. The van der Waals surface area contributed by atoms with Crippen molar-refractivity contribution < 1.29 is 9.53 Å².